The van der Waals surface area contributed by atoms with Gasteiger partial charge in [-0.1, -0.05) is 30.7 Å². The van der Waals surface area contributed by atoms with Crippen LogP contribution < -0.4 is 4.90 Å². The third kappa shape index (κ3) is 2.94. The van der Waals surface area contributed by atoms with Crippen molar-refractivity contribution in [1.29, 1.82) is 0 Å². The molecule has 1 saturated carbocycles. The number of aliphatic hydroxyl groups is 1. The Labute approximate surface area is 170 Å². The zero-order chi connectivity index (χ0) is 19.3. The second-order valence-corrected chi connectivity index (χ2v) is 9.36. The Hall–Kier alpha value is -1.92. The van der Waals surface area contributed by atoms with Gasteiger partial charge in [-0.3, -0.25) is 4.79 Å². The van der Waals surface area contributed by atoms with Gasteiger partial charge in [0.15, 0.2) is 5.13 Å². The van der Waals surface area contributed by atoms with Crippen LogP contribution in [0.3, 0.4) is 0 Å². The van der Waals surface area contributed by atoms with Gasteiger partial charge < -0.3 is 14.9 Å². The second kappa shape index (κ2) is 7.16. The Balaban J connectivity index is 1.44. The maximum Gasteiger partial charge on any atom is 0.226 e. The van der Waals surface area contributed by atoms with Crippen molar-refractivity contribution in [1.82, 2.24) is 9.88 Å². The van der Waals surface area contributed by atoms with E-state index in [1.165, 1.54) is 17.5 Å². The number of aromatic nitrogens is 1. The molecule has 0 spiro atoms. The summed E-state index contributed by atoms with van der Waals surface area (Å²) in [5.74, 6) is 1.53. The Morgan fingerprint density at radius 2 is 2.07 bits per heavy atom. The highest BCUT2D eigenvalue weighted by Crippen LogP contribution is 2.48. The number of rotatable bonds is 4. The first-order valence-corrected chi connectivity index (χ1v) is 11.2. The maximum atomic E-state index is 13.2. The molecule has 0 unspecified atom stereocenters. The summed E-state index contributed by atoms with van der Waals surface area (Å²) in [6, 6.07) is 8.72. The first-order chi connectivity index (χ1) is 13.7. The molecule has 1 aromatic carbocycles. The molecule has 5 nitrogen and oxygen atoms in total. The van der Waals surface area contributed by atoms with Crippen LogP contribution in [0.25, 0.3) is 0 Å². The Morgan fingerprint density at radius 3 is 2.75 bits per heavy atom. The number of amides is 1. The van der Waals surface area contributed by atoms with Gasteiger partial charge in [-0.25, -0.2) is 4.98 Å². The summed E-state index contributed by atoms with van der Waals surface area (Å²) < 4.78 is 0. The maximum absolute atomic E-state index is 13.2. The zero-order valence-corrected chi connectivity index (χ0v) is 17.1. The highest BCUT2D eigenvalue weighted by molar-refractivity contribution is 7.13. The van der Waals surface area contributed by atoms with Gasteiger partial charge in [0, 0.05) is 42.8 Å². The first-order valence-electron chi connectivity index (χ1n) is 10.3. The van der Waals surface area contributed by atoms with Crippen LogP contribution in [-0.2, 0) is 11.4 Å². The second-order valence-electron chi connectivity index (χ2n) is 8.53. The molecule has 2 aliphatic heterocycles. The van der Waals surface area contributed by atoms with E-state index in [1.807, 2.05) is 5.38 Å². The van der Waals surface area contributed by atoms with Crippen molar-refractivity contribution in [3.05, 3.63) is 46.5 Å². The van der Waals surface area contributed by atoms with Gasteiger partial charge in [-0.2, -0.15) is 0 Å². The number of carbonyl (C=O) groups excluding carboxylic acids is 1. The van der Waals surface area contributed by atoms with Crippen LogP contribution in [0.5, 0.6) is 0 Å². The first kappa shape index (κ1) is 18.1. The lowest BCUT2D eigenvalue weighted by molar-refractivity contribution is -0.139. The number of hydrogen-bond acceptors (Lipinski definition) is 5. The summed E-state index contributed by atoms with van der Waals surface area (Å²) in [6.07, 6.45) is 3.30. The van der Waals surface area contributed by atoms with E-state index in [0.29, 0.717) is 17.7 Å². The van der Waals surface area contributed by atoms with Gasteiger partial charge in [0.25, 0.3) is 0 Å². The van der Waals surface area contributed by atoms with Crippen molar-refractivity contribution < 1.29 is 9.90 Å². The normalized spacial score (nSPS) is 27.1. The van der Waals surface area contributed by atoms with E-state index in [9.17, 15) is 9.90 Å². The zero-order valence-electron chi connectivity index (χ0n) is 16.3. The topological polar surface area (TPSA) is 56.7 Å². The molecule has 1 aromatic heterocycles. The standard InChI is InChI=1S/C22H27N3O2S/c1-14-5-2-3-8-18(14)20-19-11-24(22-23-17(12-26)13-28-22)9-16(19)10-25(20)21(27)15-6-4-7-15/h2-3,5,8,13,15-16,19-20,26H,4,6-7,9-12H2,1H3/t16-,19-,20+/m0/s1. The summed E-state index contributed by atoms with van der Waals surface area (Å²) in [4.78, 5) is 22.4. The van der Waals surface area contributed by atoms with Crippen molar-refractivity contribution in [2.75, 3.05) is 24.5 Å². The molecule has 148 valence electrons. The smallest absolute Gasteiger partial charge is 0.226 e. The van der Waals surface area contributed by atoms with E-state index in [-0.39, 0.29) is 18.6 Å². The van der Waals surface area contributed by atoms with Crippen LogP contribution in [0.2, 0.25) is 0 Å². The molecular formula is C22H27N3O2S. The summed E-state index contributed by atoms with van der Waals surface area (Å²) in [5, 5.41) is 12.3. The third-order valence-electron chi connectivity index (χ3n) is 6.88. The minimum absolute atomic E-state index is 0.00724. The number of likely N-dealkylation sites (tertiary alicyclic amines) is 1. The quantitative estimate of drug-likeness (QED) is 0.859. The number of hydrogen-bond donors (Lipinski definition) is 1. The lowest BCUT2D eigenvalue weighted by Gasteiger charge is -2.35. The van der Waals surface area contributed by atoms with E-state index in [4.69, 9.17) is 0 Å². The van der Waals surface area contributed by atoms with Crippen LogP contribution in [0.1, 0.15) is 42.1 Å². The highest BCUT2D eigenvalue weighted by atomic mass is 32.1. The van der Waals surface area contributed by atoms with Crippen molar-refractivity contribution in [2.45, 2.75) is 38.8 Å². The molecule has 6 heteroatoms. The number of thiazole rings is 1. The fraction of sp³-hybridized carbons (Fsp3) is 0.545. The Kier molecular flexibility index (Phi) is 4.63. The molecule has 1 amide bonds. The molecule has 3 atom stereocenters. The minimum atomic E-state index is -0.00724. The monoisotopic (exact) mass is 397 g/mol. The van der Waals surface area contributed by atoms with Gasteiger partial charge in [0.05, 0.1) is 18.3 Å². The third-order valence-corrected chi connectivity index (χ3v) is 7.83. The number of fused-ring (bicyclic) bond motifs is 1. The van der Waals surface area contributed by atoms with E-state index in [2.05, 4.69) is 46.0 Å². The number of nitrogens with zero attached hydrogens (tertiary/aromatic N) is 3. The predicted molar refractivity (Wildman–Crippen MR) is 110 cm³/mol. The van der Waals surface area contributed by atoms with E-state index in [1.54, 1.807) is 11.3 Å². The largest absolute Gasteiger partial charge is 0.390 e. The van der Waals surface area contributed by atoms with Gasteiger partial charge in [0.2, 0.25) is 5.91 Å². The molecule has 2 saturated heterocycles. The van der Waals surface area contributed by atoms with E-state index in [0.717, 1.165) is 43.3 Å². The molecule has 3 heterocycles. The SMILES string of the molecule is Cc1ccccc1[C@@H]1[C@H]2CN(c3nc(CO)cs3)C[C@H]2CN1C(=O)C1CCC1. The van der Waals surface area contributed by atoms with Crippen LogP contribution in [0, 0.1) is 24.7 Å². The molecule has 2 aromatic rings. The summed E-state index contributed by atoms with van der Waals surface area (Å²) in [6.45, 7) is 4.88. The summed E-state index contributed by atoms with van der Waals surface area (Å²) >= 11 is 1.61. The fourth-order valence-corrected chi connectivity index (χ4v) is 5.99. The molecule has 3 fully saturated rings. The average Bonchev–Trinajstić information content (AvgIpc) is 3.34. The van der Waals surface area contributed by atoms with Crippen LogP contribution in [0.15, 0.2) is 29.6 Å². The summed E-state index contributed by atoms with van der Waals surface area (Å²) in [7, 11) is 0. The lowest BCUT2D eigenvalue weighted by atomic mass is 9.83. The Morgan fingerprint density at radius 1 is 1.25 bits per heavy atom. The van der Waals surface area contributed by atoms with Crippen LogP contribution >= 0.6 is 11.3 Å². The number of aliphatic hydroxyl groups excluding tert-OH is 1. The molecule has 28 heavy (non-hydrogen) atoms. The average molecular weight is 398 g/mol. The molecule has 1 aliphatic carbocycles. The molecule has 3 aliphatic rings. The van der Waals surface area contributed by atoms with E-state index < -0.39 is 0 Å². The highest BCUT2D eigenvalue weighted by Gasteiger charge is 2.51. The van der Waals surface area contributed by atoms with Gasteiger partial charge >= 0.3 is 0 Å². The van der Waals surface area contributed by atoms with Crippen LogP contribution in [0.4, 0.5) is 5.13 Å². The van der Waals surface area contributed by atoms with Crippen molar-refractivity contribution in [3.63, 3.8) is 0 Å². The molecule has 0 radical (unpaired) electrons. The van der Waals surface area contributed by atoms with Crippen molar-refractivity contribution >= 4 is 22.4 Å². The Bertz CT molecular complexity index is 878. The van der Waals surface area contributed by atoms with Crippen molar-refractivity contribution in [2.24, 2.45) is 17.8 Å². The minimum Gasteiger partial charge on any atom is -0.390 e. The number of anilines is 1. The van der Waals surface area contributed by atoms with Gasteiger partial charge in [-0.15, -0.1) is 11.3 Å². The summed E-state index contributed by atoms with van der Waals surface area (Å²) in [5.41, 5.74) is 3.32. The molecule has 0 bridgehead atoms. The lowest BCUT2D eigenvalue weighted by Crippen LogP contribution is -2.41. The molecular weight excluding hydrogens is 370 g/mol. The molecule has 1 N–H and O–H groups in total. The number of aryl methyl sites for hydroxylation is 1. The number of carbonyl (C=O) groups is 1. The van der Waals surface area contributed by atoms with Gasteiger partial charge in [-0.05, 0) is 30.9 Å². The molecule has 5 rings (SSSR count). The van der Waals surface area contributed by atoms with E-state index >= 15 is 0 Å². The van der Waals surface area contributed by atoms with Crippen LogP contribution in [-0.4, -0.2) is 40.5 Å². The fourth-order valence-electron chi connectivity index (χ4n) is 5.15. The van der Waals surface area contributed by atoms with Gasteiger partial charge in [0.1, 0.15) is 0 Å². The van der Waals surface area contributed by atoms with Crippen molar-refractivity contribution in [3.8, 4) is 0 Å². The predicted octanol–water partition coefficient (Wildman–Crippen LogP) is 3.38. The number of benzene rings is 1.